The summed E-state index contributed by atoms with van der Waals surface area (Å²) in [5, 5.41) is 9.53. The van der Waals surface area contributed by atoms with Crippen LogP contribution in [0.4, 0.5) is 23.2 Å². The van der Waals surface area contributed by atoms with Crippen molar-refractivity contribution in [3.63, 3.8) is 0 Å². The quantitative estimate of drug-likeness (QED) is 0.524. The molecule has 0 aliphatic carbocycles. The topological polar surface area (TPSA) is 32.7 Å². The maximum atomic E-state index is 13.6. The van der Waals surface area contributed by atoms with Crippen molar-refractivity contribution in [2.45, 2.75) is 18.8 Å². The molecule has 29 heavy (non-hydrogen) atoms. The Bertz CT molecular complexity index is 931. The average molecular weight is 405 g/mol. The highest BCUT2D eigenvalue weighted by Crippen LogP contribution is 2.27. The van der Waals surface area contributed by atoms with Crippen LogP contribution in [0.1, 0.15) is 5.56 Å². The molecule has 0 saturated carbocycles. The van der Waals surface area contributed by atoms with E-state index >= 15 is 0 Å². The summed E-state index contributed by atoms with van der Waals surface area (Å²) in [6, 6.07) is 21.2. The van der Waals surface area contributed by atoms with Crippen LogP contribution < -0.4 is 9.64 Å². The first kappa shape index (κ1) is 20.7. The lowest BCUT2D eigenvalue weighted by atomic mass is 10.1. The number of halogens is 4. The van der Waals surface area contributed by atoms with Gasteiger partial charge in [-0.3, -0.25) is 0 Å². The molecule has 0 aromatic heterocycles. The van der Waals surface area contributed by atoms with Gasteiger partial charge in [-0.2, -0.15) is 13.2 Å². The first-order chi connectivity index (χ1) is 13.8. The summed E-state index contributed by atoms with van der Waals surface area (Å²) in [6.07, 6.45) is -7.33. The summed E-state index contributed by atoms with van der Waals surface area (Å²) < 4.78 is 58.0. The first-order valence-corrected chi connectivity index (χ1v) is 8.88. The van der Waals surface area contributed by atoms with Crippen LogP contribution in [0.3, 0.4) is 0 Å². The molecule has 0 heterocycles. The van der Waals surface area contributed by atoms with Crippen LogP contribution in [0.15, 0.2) is 78.9 Å². The molecule has 0 amide bonds. The molecule has 0 radical (unpaired) electrons. The molecule has 7 heteroatoms. The van der Waals surface area contributed by atoms with Gasteiger partial charge in [0.2, 0.25) is 0 Å². The van der Waals surface area contributed by atoms with Gasteiger partial charge in [0.15, 0.2) is 6.10 Å². The number of rotatable bonds is 7. The molecule has 152 valence electrons. The molecule has 1 atom stereocenters. The van der Waals surface area contributed by atoms with Gasteiger partial charge in [0, 0.05) is 12.2 Å². The van der Waals surface area contributed by atoms with Crippen molar-refractivity contribution in [2.75, 3.05) is 11.4 Å². The van der Waals surface area contributed by atoms with Crippen LogP contribution in [0.5, 0.6) is 11.5 Å². The Labute approximate surface area is 165 Å². The third kappa shape index (κ3) is 5.96. The number of hydrogen-bond donors (Lipinski definition) is 1. The van der Waals surface area contributed by atoms with E-state index < -0.39 is 24.6 Å². The second-order valence-electron chi connectivity index (χ2n) is 6.48. The van der Waals surface area contributed by atoms with Gasteiger partial charge in [0.1, 0.15) is 17.3 Å². The van der Waals surface area contributed by atoms with Crippen molar-refractivity contribution in [2.24, 2.45) is 0 Å². The van der Waals surface area contributed by atoms with Crippen LogP contribution in [-0.4, -0.2) is 23.9 Å². The molecule has 1 unspecified atom stereocenters. The number of aliphatic hydroxyl groups excluding tert-OH is 1. The molecule has 3 aromatic carbocycles. The predicted molar refractivity (Wildman–Crippen MR) is 102 cm³/mol. The zero-order valence-electron chi connectivity index (χ0n) is 15.3. The molecule has 0 fully saturated rings. The number of hydrogen-bond acceptors (Lipinski definition) is 3. The van der Waals surface area contributed by atoms with E-state index in [-0.39, 0.29) is 12.2 Å². The van der Waals surface area contributed by atoms with Crippen LogP contribution >= 0.6 is 0 Å². The van der Waals surface area contributed by atoms with E-state index in [0.717, 1.165) is 6.07 Å². The average Bonchev–Trinajstić information content (AvgIpc) is 2.68. The van der Waals surface area contributed by atoms with Gasteiger partial charge in [-0.1, -0.05) is 36.4 Å². The zero-order valence-corrected chi connectivity index (χ0v) is 15.3. The minimum absolute atomic E-state index is 0.0303. The molecule has 3 nitrogen and oxygen atoms in total. The van der Waals surface area contributed by atoms with E-state index in [0.29, 0.717) is 17.1 Å². The molecule has 3 aromatic rings. The third-order valence-electron chi connectivity index (χ3n) is 4.20. The fraction of sp³-hybridized carbons (Fsp3) is 0.182. The summed E-state index contributed by atoms with van der Waals surface area (Å²) in [6.45, 7) is -0.695. The highest BCUT2D eigenvalue weighted by molar-refractivity contribution is 5.48. The monoisotopic (exact) mass is 405 g/mol. The van der Waals surface area contributed by atoms with Gasteiger partial charge in [-0.25, -0.2) is 4.39 Å². The second kappa shape index (κ2) is 8.96. The Balaban J connectivity index is 1.82. The number of ether oxygens (including phenoxy) is 1. The van der Waals surface area contributed by atoms with Gasteiger partial charge < -0.3 is 14.7 Å². The molecule has 0 aliphatic heterocycles. The fourth-order valence-corrected chi connectivity index (χ4v) is 2.80. The van der Waals surface area contributed by atoms with Gasteiger partial charge >= 0.3 is 6.18 Å². The highest BCUT2D eigenvalue weighted by Gasteiger charge is 2.39. The SMILES string of the molecule is OC(CN(Cc1cccc(Oc2ccccc2)c1)c1cccc(F)c1)C(F)(F)F. The van der Waals surface area contributed by atoms with Crippen molar-refractivity contribution >= 4 is 5.69 Å². The Morgan fingerprint density at radius 1 is 0.862 bits per heavy atom. The molecular formula is C22H19F4NO2. The standard InChI is InChI=1S/C22H19F4NO2/c23-17-7-5-8-18(13-17)27(15-21(28)22(24,25)26)14-16-6-4-11-20(12-16)29-19-9-2-1-3-10-19/h1-13,21,28H,14-15H2. The van der Waals surface area contributed by atoms with Crippen molar-refractivity contribution in [3.05, 3.63) is 90.2 Å². The van der Waals surface area contributed by atoms with E-state index in [1.54, 1.807) is 36.4 Å². The predicted octanol–water partition coefficient (Wildman–Crippen LogP) is 5.55. The summed E-state index contributed by atoms with van der Waals surface area (Å²) in [7, 11) is 0. The minimum Gasteiger partial charge on any atom is -0.457 e. The van der Waals surface area contributed by atoms with E-state index in [1.807, 2.05) is 18.2 Å². The highest BCUT2D eigenvalue weighted by atomic mass is 19.4. The lowest BCUT2D eigenvalue weighted by Crippen LogP contribution is -2.40. The Hall–Kier alpha value is -3.06. The van der Waals surface area contributed by atoms with Gasteiger partial charge in [-0.05, 0) is 48.0 Å². The normalized spacial score (nSPS) is 12.4. The maximum Gasteiger partial charge on any atom is 0.416 e. The Morgan fingerprint density at radius 2 is 1.55 bits per heavy atom. The van der Waals surface area contributed by atoms with E-state index in [4.69, 9.17) is 4.74 Å². The summed E-state index contributed by atoms with van der Waals surface area (Å²) in [4.78, 5) is 1.28. The van der Waals surface area contributed by atoms with Gasteiger partial charge in [0.25, 0.3) is 0 Å². The largest absolute Gasteiger partial charge is 0.457 e. The molecule has 0 spiro atoms. The fourth-order valence-electron chi connectivity index (χ4n) is 2.80. The van der Waals surface area contributed by atoms with Crippen LogP contribution in [0, 0.1) is 5.82 Å². The van der Waals surface area contributed by atoms with Crippen molar-refractivity contribution in [3.8, 4) is 11.5 Å². The number of para-hydroxylation sites is 1. The van der Waals surface area contributed by atoms with E-state index in [9.17, 15) is 22.7 Å². The first-order valence-electron chi connectivity index (χ1n) is 8.88. The van der Waals surface area contributed by atoms with Crippen LogP contribution in [0.2, 0.25) is 0 Å². The molecule has 3 rings (SSSR count). The van der Waals surface area contributed by atoms with E-state index in [2.05, 4.69) is 0 Å². The van der Waals surface area contributed by atoms with E-state index in [1.165, 1.54) is 23.1 Å². The number of anilines is 1. The number of benzene rings is 3. The van der Waals surface area contributed by atoms with Crippen molar-refractivity contribution < 1.29 is 27.4 Å². The molecule has 0 bridgehead atoms. The molecule has 0 aliphatic rings. The summed E-state index contributed by atoms with van der Waals surface area (Å²) in [5.74, 6) is 0.568. The smallest absolute Gasteiger partial charge is 0.416 e. The number of alkyl halides is 3. The van der Waals surface area contributed by atoms with Gasteiger partial charge in [-0.15, -0.1) is 0 Å². The third-order valence-corrected chi connectivity index (χ3v) is 4.20. The van der Waals surface area contributed by atoms with Crippen LogP contribution in [-0.2, 0) is 6.54 Å². The zero-order chi connectivity index (χ0) is 20.9. The summed E-state index contributed by atoms with van der Waals surface area (Å²) >= 11 is 0. The second-order valence-corrected chi connectivity index (χ2v) is 6.48. The van der Waals surface area contributed by atoms with Crippen molar-refractivity contribution in [1.82, 2.24) is 0 Å². The Morgan fingerprint density at radius 3 is 2.24 bits per heavy atom. The Kier molecular flexibility index (Phi) is 6.39. The molecular weight excluding hydrogens is 386 g/mol. The number of aliphatic hydroxyl groups is 1. The lowest BCUT2D eigenvalue weighted by molar-refractivity contribution is -0.200. The van der Waals surface area contributed by atoms with Crippen molar-refractivity contribution in [1.29, 1.82) is 0 Å². The lowest BCUT2D eigenvalue weighted by Gasteiger charge is -2.28. The summed E-state index contributed by atoms with van der Waals surface area (Å²) in [5.41, 5.74) is 0.889. The number of nitrogens with zero attached hydrogens (tertiary/aromatic N) is 1. The maximum absolute atomic E-state index is 13.6. The van der Waals surface area contributed by atoms with Gasteiger partial charge in [0.05, 0.1) is 6.54 Å². The minimum atomic E-state index is -4.77. The molecule has 0 saturated heterocycles. The molecule has 1 N–H and O–H groups in total. The van der Waals surface area contributed by atoms with Crippen LogP contribution in [0.25, 0.3) is 0 Å².